The lowest BCUT2D eigenvalue weighted by Crippen LogP contribution is -2.11. The van der Waals surface area contributed by atoms with E-state index in [1.54, 1.807) is 36.5 Å². The lowest BCUT2D eigenvalue weighted by molar-refractivity contribution is 0.390. The Hall–Kier alpha value is -2.83. The van der Waals surface area contributed by atoms with Crippen LogP contribution in [0.4, 0.5) is 5.69 Å². The van der Waals surface area contributed by atoms with Gasteiger partial charge in [0.1, 0.15) is 4.90 Å². The molecule has 5 nitrogen and oxygen atoms in total. The number of benzene rings is 3. The van der Waals surface area contributed by atoms with Crippen LogP contribution < -0.4 is 8.92 Å². The molecule has 0 N–H and O–H groups in total. The summed E-state index contributed by atoms with van der Waals surface area (Å²) in [5.41, 5.74) is 2.50. The van der Waals surface area contributed by atoms with Crippen molar-refractivity contribution in [3.8, 4) is 11.5 Å². The quantitative estimate of drug-likeness (QED) is 0.411. The number of ether oxygens (including phenoxy) is 1. The van der Waals surface area contributed by atoms with E-state index in [1.807, 2.05) is 31.2 Å². The Morgan fingerprint density at radius 3 is 2.36 bits per heavy atom. The summed E-state index contributed by atoms with van der Waals surface area (Å²) in [5, 5.41) is 0.102. The smallest absolute Gasteiger partial charge is 0.339 e. The molecule has 0 aliphatic rings. The molecule has 0 atom stereocenters. The summed E-state index contributed by atoms with van der Waals surface area (Å²) in [6.45, 7) is 1.96. The highest BCUT2D eigenvalue weighted by Crippen LogP contribution is 2.38. The zero-order valence-corrected chi connectivity index (χ0v) is 16.9. The Labute approximate surface area is 169 Å². The number of aliphatic imine (C=N–C) groups is 1. The van der Waals surface area contributed by atoms with Crippen LogP contribution in [-0.2, 0) is 10.1 Å². The summed E-state index contributed by atoms with van der Waals surface area (Å²) in [5.74, 6) is 0.124. The molecule has 0 radical (unpaired) electrons. The molecule has 0 aromatic heterocycles. The molecule has 3 rings (SSSR count). The number of halogens is 1. The van der Waals surface area contributed by atoms with Gasteiger partial charge in [-0.2, -0.15) is 8.42 Å². The van der Waals surface area contributed by atoms with Gasteiger partial charge >= 0.3 is 10.1 Å². The number of rotatable bonds is 6. The number of para-hydroxylation sites is 1. The van der Waals surface area contributed by atoms with Gasteiger partial charge in [-0.05, 0) is 48.4 Å². The van der Waals surface area contributed by atoms with Crippen molar-refractivity contribution >= 4 is 33.6 Å². The molecule has 28 heavy (non-hydrogen) atoms. The minimum Gasteiger partial charge on any atom is -0.493 e. The highest BCUT2D eigenvalue weighted by molar-refractivity contribution is 7.87. The van der Waals surface area contributed by atoms with Gasteiger partial charge in [-0.1, -0.05) is 48.0 Å². The van der Waals surface area contributed by atoms with E-state index >= 15 is 0 Å². The predicted octanol–water partition coefficient (Wildman–Crippen LogP) is 5.18. The lowest BCUT2D eigenvalue weighted by atomic mass is 10.2. The molecule has 0 heterocycles. The Balaban J connectivity index is 1.93. The molecule has 0 amide bonds. The maximum Gasteiger partial charge on any atom is 0.339 e. The monoisotopic (exact) mass is 415 g/mol. The average molecular weight is 416 g/mol. The van der Waals surface area contributed by atoms with E-state index in [1.165, 1.54) is 19.2 Å². The van der Waals surface area contributed by atoms with Crippen molar-refractivity contribution in [1.29, 1.82) is 0 Å². The van der Waals surface area contributed by atoms with Crippen molar-refractivity contribution in [3.05, 3.63) is 82.9 Å². The van der Waals surface area contributed by atoms with Crippen LogP contribution in [0.3, 0.4) is 0 Å². The van der Waals surface area contributed by atoms with Gasteiger partial charge < -0.3 is 8.92 Å². The molecule has 0 fully saturated rings. The Kier molecular flexibility index (Phi) is 6.02. The van der Waals surface area contributed by atoms with Crippen LogP contribution in [0.15, 0.2) is 76.6 Å². The fraction of sp³-hybridized carbons (Fsp3) is 0.0952. The van der Waals surface area contributed by atoms with Crippen LogP contribution >= 0.6 is 11.6 Å². The number of aryl methyl sites for hydroxylation is 1. The summed E-state index contributed by atoms with van der Waals surface area (Å²) in [6.07, 6.45) is 1.63. The Morgan fingerprint density at radius 1 is 1.00 bits per heavy atom. The van der Waals surface area contributed by atoms with Crippen molar-refractivity contribution in [2.24, 2.45) is 4.99 Å². The molecule has 7 heteroatoms. The first kappa shape index (κ1) is 19.9. The van der Waals surface area contributed by atoms with Crippen molar-refractivity contribution in [1.82, 2.24) is 0 Å². The molecule has 0 saturated carbocycles. The Morgan fingerprint density at radius 2 is 1.68 bits per heavy atom. The van der Waals surface area contributed by atoms with Crippen molar-refractivity contribution in [2.45, 2.75) is 11.8 Å². The molecule has 0 spiro atoms. The van der Waals surface area contributed by atoms with Crippen molar-refractivity contribution in [2.75, 3.05) is 7.11 Å². The van der Waals surface area contributed by atoms with E-state index in [0.717, 1.165) is 11.3 Å². The van der Waals surface area contributed by atoms with Crippen LogP contribution in [-0.4, -0.2) is 21.7 Å². The Bertz CT molecular complexity index is 1110. The van der Waals surface area contributed by atoms with Crippen molar-refractivity contribution in [3.63, 3.8) is 0 Å². The third-order valence-electron chi connectivity index (χ3n) is 3.94. The van der Waals surface area contributed by atoms with Crippen LogP contribution in [0.2, 0.25) is 5.02 Å². The molecule has 0 unspecified atom stereocenters. The van der Waals surface area contributed by atoms with E-state index in [0.29, 0.717) is 5.56 Å². The fourth-order valence-corrected chi connectivity index (χ4v) is 3.77. The molecule has 3 aromatic rings. The van der Waals surface area contributed by atoms with Crippen LogP contribution in [0.25, 0.3) is 0 Å². The van der Waals surface area contributed by atoms with Gasteiger partial charge in [-0.15, -0.1) is 0 Å². The molecule has 0 aliphatic heterocycles. The topological polar surface area (TPSA) is 65.0 Å². The summed E-state index contributed by atoms with van der Waals surface area (Å²) < 4.78 is 35.5. The lowest BCUT2D eigenvalue weighted by Gasteiger charge is -2.13. The van der Waals surface area contributed by atoms with E-state index in [-0.39, 0.29) is 21.4 Å². The SMILES string of the molecule is COc1cc(C=Nc2ccccc2C)cc(Cl)c1OS(=O)(=O)c1ccccc1. The summed E-state index contributed by atoms with van der Waals surface area (Å²) in [7, 11) is -2.63. The molecule has 0 bridgehead atoms. The van der Waals surface area contributed by atoms with Gasteiger partial charge in [0.25, 0.3) is 0 Å². The third-order valence-corrected chi connectivity index (χ3v) is 5.46. The summed E-state index contributed by atoms with van der Waals surface area (Å²) in [4.78, 5) is 4.47. The summed E-state index contributed by atoms with van der Waals surface area (Å²) in [6, 6.07) is 18.7. The first-order valence-corrected chi connectivity index (χ1v) is 10.2. The molecule has 3 aromatic carbocycles. The van der Waals surface area contributed by atoms with Crippen LogP contribution in [0.1, 0.15) is 11.1 Å². The average Bonchev–Trinajstić information content (AvgIpc) is 2.69. The van der Waals surface area contributed by atoms with Gasteiger partial charge in [0.15, 0.2) is 5.75 Å². The molecular formula is C21H18ClNO4S. The van der Waals surface area contributed by atoms with E-state index < -0.39 is 10.1 Å². The number of methoxy groups -OCH3 is 1. The standard InChI is InChI=1S/C21H18ClNO4S/c1-15-8-6-7-11-19(15)23-14-16-12-18(22)21(20(13-16)26-2)27-28(24,25)17-9-4-3-5-10-17/h3-14H,1-2H3. The second-order valence-corrected chi connectivity index (χ2v) is 7.88. The minimum absolute atomic E-state index is 0.0262. The zero-order chi connectivity index (χ0) is 20.1. The van der Waals surface area contributed by atoms with Crippen LogP contribution in [0.5, 0.6) is 11.5 Å². The number of hydrogen-bond donors (Lipinski definition) is 0. The van der Waals surface area contributed by atoms with Gasteiger partial charge in [-0.25, -0.2) is 0 Å². The van der Waals surface area contributed by atoms with Gasteiger partial charge in [-0.3, -0.25) is 4.99 Å². The first-order chi connectivity index (χ1) is 13.4. The van der Waals surface area contributed by atoms with Gasteiger partial charge in [0.2, 0.25) is 5.75 Å². The fourth-order valence-electron chi connectivity index (χ4n) is 2.49. The summed E-state index contributed by atoms with van der Waals surface area (Å²) >= 11 is 6.29. The predicted molar refractivity (Wildman–Crippen MR) is 111 cm³/mol. The molecule has 144 valence electrons. The highest BCUT2D eigenvalue weighted by atomic mass is 35.5. The van der Waals surface area contributed by atoms with E-state index in [2.05, 4.69) is 4.99 Å². The maximum atomic E-state index is 12.5. The highest BCUT2D eigenvalue weighted by Gasteiger charge is 2.21. The third kappa shape index (κ3) is 4.52. The minimum atomic E-state index is -4.04. The number of nitrogens with zero attached hydrogens (tertiary/aromatic N) is 1. The van der Waals surface area contributed by atoms with E-state index in [9.17, 15) is 8.42 Å². The first-order valence-electron chi connectivity index (χ1n) is 8.37. The molecule has 0 saturated heterocycles. The van der Waals surface area contributed by atoms with E-state index in [4.69, 9.17) is 20.5 Å². The second-order valence-electron chi connectivity index (χ2n) is 5.93. The largest absolute Gasteiger partial charge is 0.493 e. The second kappa shape index (κ2) is 8.46. The normalized spacial score (nSPS) is 11.5. The zero-order valence-electron chi connectivity index (χ0n) is 15.3. The maximum absolute atomic E-state index is 12.5. The molecular weight excluding hydrogens is 398 g/mol. The van der Waals surface area contributed by atoms with Gasteiger partial charge in [0, 0.05) is 6.21 Å². The number of hydrogen-bond acceptors (Lipinski definition) is 5. The van der Waals surface area contributed by atoms with Gasteiger partial charge in [0.05, 0.1) is 17.8 Å². The van der Waals surface area contributed by atoms with Crippen LogP contribution in [0, 0.1) is 6.92 Å². The van der Waals surface area contributed by atoms with Crippen molar-refractivity contribution < 1.29 is 17.3 Å². The molecule has 0 aliphatic carbocycles.